The summed E-state index contributed by atoms with van der Waals surface area (Å²) in [5.74, 6) is -4.53. The van der Waals surface area contributed by atoms with Crippen molar-refractivity contribution in [2.75, 3.05) is 0 Å². The first-order valence-corrected chi connectivity index (χ1v) is 3.03. The predicted octanol–water partition coefficient (Wildman–Crippen LogP) is -0.277. The summed E-state index contributed by atoms with van der Waals surface area (Å²) in [6.45, 7) is 0. The van der Waals surface area contributed by atoms with Crippen LogP contribution < -0.4 is 0 Å². The number of rotatable bonds is 4. The fourth-order valence-corrected chi connectivity index (χ4v) is 0.461. The number of hydrogen-bond donors (Lipinski definition) is 3. The summed E-state index contributed by atoms with van der Waals surface area (Å²) < 4.78 is 0. The van der Waals surface area contributed by atoms with Gasteiger partial charge in [0.1, 0.15) is 5.57 Å². The monoisotopic (exact) mass is 186 g/mol. The Morgan fingerprint density at radius 3 is 1.69 bits per heavy atom. The molecule has 0 unspecified atom stereocenters. The fourth-order valence-electron chi connectivity index (χ4n) is 0.461. The van der Waals surface area contributed by atoms with Crippen LogP contribution in [0.1, 0.15) is 0 Å². The molecular formula is C7H6O6. The average molecular weight is 186 g/mol. The van der Waals surface area contributed by atoms with E-state index in [0.717, 1.165) is 6.08 Å². The van der Waals surface area contributed by atoms with Crippen molar-refractivity contribution in [3.05, 3.63) is 23.8 Å². The van der Waals surface area contributed by atoms with Crippen molar-refractivity contribution in [2.45, 2.75) is 0 Å². The lowest BCUT2D eigenvalue weighted by Crippen LogP contribution is -2.10. The molecule has 0 spiro atoms. The lowest BCUT2D eigenvalue weighted by molar-refractivity contribution is -0.140. The third kappa shape index (κ3) is 4.35. The Hall–Kier alpha value is -2.11. The quantitative estimate of drug-likeness (QED) is 0.241. The number of allylic oxidation sites excluding steroid dienone is 2. The Kier molecular flexibility index (Phi) is 3.94. The van der Waals surface area contributed by atoms with E-state index in [-0.39, 0.29) is 0 Å². The molecule has 6 heteroatoms. The van der Waals surface area contributed by atoms with E-state index in [9.17, 15) is 14.4 Å². The van der Waals surface area contributed by atoms with Crippen LogP contribution in [0.2, 0.25) is 0 Å². The summed E-state index contributed by atoms with van der Waals surface area (Å²) in [6.07, 6.45) is 2.16. The number of carboxylic acids is 3. The van der Waals surface area contributed by atoms with Gasteiger partial charge >= 0.3 is 17.9 Å². The Morgan fingerprint density at radius 2 is 1.38 bits per heavy atom. The predicted molar refractivity (Wildman–Crippen MR) is 40.1 cm³/mol. The minimum Gasteiger partial charge on any atom is -0.478 e. The molecule has 0 aliphatic heterocycles. The minimum absolute atomic E-state index is 0.631. The SMILES string of the molecule is O=C(O)C=CC=C(C(=O)O)C(=O)O. The standard InChI is InChI=1S/C7H6O6/c8-5(9)3-1-2-4(6(10)11)7(12)13/h1-3H,(H,8,9)(H,10,11)(H,12,13). The average Bonchev–Trinajstić information content (AvgIpc) is 1.95. The molecule has 70 valence electrons. The van der Waals surface area contributed by atoms with Crippen LogP contribution in [0, 0.1) is 0 Å². The number of aliphatic carboxylic acids is 3. The van der Waals surface area contributed by atoms with Gasteiger partial charge in [-0.05, 0) is 6.08 Å². The first kappa shape index (κ1) is 10.9. The smallest absolute Gasteiger partial charge is 0.343 e. The highest BCUT2D eigenvalue weighted by Crippen LogP contribution is 1.95. The van der Waals surface area contributed by atoms with Crippen molar-refractivity contribution in [1.29, 1.82) is 0 Å². The molecule has 0 fully saturated rings. The maximum Gasteiger partial charge on any atom is 0.343 e. The van der Waals surface area contributed by atoms with E-state index in [0.29, 0.717) is 12.2 Å². The van der Waals surface area contributed by atoms with Gasteiger partial charge in [0.2, 0.25) is 0 Å². The molecule has 0 saturated carbocycles. The largest absolute Gasteiger partial charge is 0.478 e. The van der Waals surface area contributed by atoms with Crippen molar-refractivity contribution in [2.24, 2.45) is 0 Å². The summed E-state index contributed by atoms with van der Waals surface area (Å²) in [5, 5.41) is 24.6. The van der Waals surface area contributed by atoms with Crippen molar-refractivity contribution in [1.82, 2.24) is 0 Å². The van der Waals surface area contributed by atoms with Gasteiger partial charge < -0.3 is 15.3 Å². The number of carboxylic acid groups (broad SMARTS) is 3. The van der Waals surface area contributed by atoms with Crippen molar-refractivity contribution in [3.63, 3.8) is 0 Å². The number of hydrogen-bond acceptors (Lipinski definition) is 3. The van der Waals surface area contributed by atoms with Crippen molar-refractivity contribution >= 4 is 17.9 Å². The van der Waals surface area contributed by atoms with E-state index in [1.54, 1.807) is 0 Å². The topological polar surface area (TPSA) is 112 Å². The van der Waals surface area contributed by atoms with Gasteiger partial charge in [-0.25, -0.2) is 14.4 Å². The van der Waals surface area contributed by atoms with Gasteiger partial charge in [0.05, 0.1) is 0 Å². The van der Waals surface area contributed by atoms with E-state index in [4.69, 9.17) is 15.3 Å². The zero-order valence-electron chi connectivity index (χ0n) is 6.30. The van der Waals surface area contributed by atoms with E-state index >= 15 is 0 Å². The maximum atomic E-state index is 10.2. The summed E-state index contributed by atoms with van der Waals surface area (Å²) >= 11 is 0. The highest BCUT2D eigenvalue weighted by molar-refractivity contribution is 6.12. The maximum absolute atomic E-state index is 10.2. The zero-order chi connectivity index (χ0) is 10.4. The van der Waals surface area contributed by atoms with Gasteiger partial charge in [-0.15, -0.1) is 0 Å². The minimum atomic E-state index is -1.62. The van der Waals surface area contributed by atoms with E-state index in [1.807, 2.05) is 0 Å². The second kappa shape index (κ2) is 4.70. The van der Waals surface area contributed by atoms with Crippen LogP contribution in [-0.4, -0.2) is 33.2 Å². The second-order valence-corrected chi connectivity index (χ2v) is 1.89. The summed E-state index contributed by atoms with van der Waals surface area (Å²) in [4.78, 5) is 30.3. The van der Waals surface area contributed by atoms with Gasteiger partial charge in [-0.3, -0.25) is 0 Å². The molecule has 6 nitrogen and oxygen atoms in total. The van der Waals surface area contributed by atoms with Gasteiger partial charge in [-0.2, -0.15) is 0 Å². The fraction of sp³-hybridized carbons (Fsp3) is 0. The second-order valence-electron chi connectivity index (χ2n) is 1.89. The molecule has 0 aromatic carbocycles. The lowest BCUT2D eigenvalue weighted by Gasteiger charge is -1.90. The first-order chi connectivity index (χ1) is 5.95. The van der Waals surface area contributed by atoms with Gasteiger partial charge in [-0.1, -0.05) is 6.08 Å². The Labute approximate surface area is 72.4 Å². The summed E-state index contributed by atoms with van der Waals surface area (Å²) in [5.41, 5.74) is -0.891. The molecule has 0 atom stereocenters. The van der Waals surface area contributed by atoms with Gasteiger partial charge in [0.15, 0.2) is 0 Å². The molecular weight excluding hydrogens is 180 g/mol. The van der Waals surface area contributed by atoms with E-state index in [1.165, 1.54) is 0 Å². The molecule has 0 amide bonds. The molecule has 0 aliphatic rings. The molecule has 0 aromatic rings. The Balaban J connectivity index is 4.66. The molecule has 0 aromatic heterocycles. The summed E-state index contributed by atoms with van der Waals surface area (Å²) in [7, 11) is 0. The van der Waals surface area contributed by atoms with E-state index < -0.39 is 23.5 Å². The molecule has 0 saturated heterocycles. The Morgan fingerprint density at radius 1 is 0.923 bits per heavy atom. The molecule has 0 heterocycles. The summed E-state index contributed by atoms with van der Waals surface area (Å²) in [6, 6.07) is 0. The first-order valence-electron chi connectivity index (χ1n) is 3.03. The van der Waals surface area contributed by atoms with Crippen LogP contribution in [-0.2, 0) is 14.4 Å². The van der Waals surface area contributed by atoms with E-state index in [2.05, 4.69) is 0 Å². The zero-order valence-corrected chi connectivity index (χ0v) is 6.30. The van der Waals surface area contributed by atoms with Crippen LogP contribution in [0.15, 0.2) is 23.8 Å². The third-order valence-corrected chi connectivity index (χ3v) is 0.963. The highest BCUT2D eigenvalue weighted by atomic mass is 16.4. The van der Waals surface area contributed by atoms with Crippen molar-refractivity contribution in [3.8, 4) is 0 Å². The van der Waals surface area contributed by atoms with Crippen LogP contribution in [0.4, 0.5) is 0 Å². The molecule has 0 bridgehead atoms. The highest BCUT2D eigenvalue weighted by Gasteiger charge is 2.13. The molecule has 3 N–H and O–H groups in total. The van der Waals surface area contributed by atoms with Gasteiger partial charge in [0, 0.05) is 6.08 Å². The molecule has 13 heavy (non-hydrogen) atoms. The molecule has 0 radical (unpaired) electrons. The van der Waals surface area contributed by atoms with Crippen molar-refractivity contribution < 1.29 is 29.7 Å². The Bertz CT molecular complexity index is 282. The molecule has 0 aliphatic carbocycles. The van der Waals surface area contributed by atoms with Crippen LogP contribution in [0.25, 0.3) is 0 Å². The number of carbonyl (C=O) groups is 3. The van der Waals surface area contributed by atoms with Crippen LogP contribution in [0.3, 0.4) is 0 Å². The lowest BCUT2D eigenvalue weighted by atomic mass is 10.2. The van der Waals surface area contributed by atoms with Gasteiger partial charge in [0.25, 0.3) is 0 Å². The van der Waals surface area contributed by atoms with Crippen LogP contribution in [0.5, 0.6) is 0 Å². The normalized spacial score (nSPS) is 9.54. The third-order valence-electron chi connectivity index (χ3n) is 0.963. The van der Waals surface area contributed by atoms with Crippen LogP contribution >= 0.6 is 0 Å². The molecule has 0 rings (SSSR count).